The molecule has 0 aliphatic carbocycles. The highest BCUT2D eigenvalue weighted by atomic mass is 16.7. The number of carbonyl (C=O) groups is 1. The van der Waals surface area contributed by atoms with E-state index < -0.39 is 0 Å². The number of nitrogens with zero attached hydrogens (tertiary/aromatic N) is 3. The van der Waals surface area contributed by atoms with E-state index in [0.717, 1.165) is 29.9 Å². The number of hydrogen-bond donors (Lipinski definition) is 2. The Morgan fingerprint density at radius 3 is 2.72 bits per heavy atom. The number of aliphatic imine (C=N–C) groups is 1. The lowest BCUT2D eigenvalue weighted by molar-refractivity contribution is -0.118. The number of rotatable bonds is 9. The molecule has 25 heavy (non-hydrogen) atoms. The van der Waals surface area contributed by atoms with E-state index in [0.29, 0.717) is 26.3 Å². The lowest BCUT2D eigenvalue weighted by atomic mass is 10.1. The first-order valence-corrected chi connectivity index (χ1v) is 8.59. The van der Waals surface area contributed by atoms with Crippen molar-refractivity contribution in [2.24, 2.45) is 4.99 Å². The molecule has 1 heterocycles. The lowest BCUT2D eigenvalue weighted by Crippen LogP contribution is -2.44. The highest BCUT2D eigenvalue weighted by Crippen LogP contribution is 2.08. The van der Waals surface area contributed by atoms with Crippen LogP contribution in [0.5, 0.6) is 0 Å². The molecule has 8 heteroatoms. The number of nitrogens with one attached hydrogen (secondary N) is 2. The molecule has 0 radical (unpaired) electrons. The van der Waals surface area contributed by atoms with Crippen LogP contribution in [0.4, 0.5) is 4.79 Å². The number of methoxy groups -OCH3 is 1. The van der Waals surface area contributed by atoms with Crippen molar-refractivity contribution in [3.8, 4) is 0 Å². The number of hydrogen-bond acceptors (Lipinski definition) is 6. The second kappa shape index (κ2) is 11.2. The molecule has 1 aliphatic rings. The van der Waals surface area contributed by atoms with Crippen LogP contribution in [0.3, 0.4) is 0 Å². The third-order valence-electron chi connectivity index (χ3n) is 4.12. The van der Waals surface area contributed by atoms with Crippen LogP contribution in [0, 0.1) is 0 Å². The predicted molar refractivity (Wildman–Crippen MR) is 99.8 cm³/mol. The Morgan fingerprint density at radius 2 is 2.12 bits per heavy atom. The minimum Gasteiger partial charge on any atom is -0.383 e. The third-order valence-corrected chi connectivity index (χ3v) is 4.12. The van der Waals surface area contributed by atoms with Crippen molar-refractivity contribution >= 4 is 11.7 Å². The summed E-state index contributed by atoms with van der Waals surface area (Å²) in [6.07, 6.45) is 0.848. The van der Waals surface area contributed by atoms with Crippen molar-refractivity contribution in [2.75, 3.05) is 61.1 Å². The van der Waals surface area contributed by atoms with Gasteiger partial charge in [0, 0.05) is 51.6 Å². The van der Waals surface area contributed by atoms with E-state index in [-0.39, 0.29) is 12.1 Å². The molecule has 0 spiro atoms. The molecule has 0 unspecified atom stereocenters. The maximum absolute atomic E-state index is 12.2. The summed E-state index contributed by atoms with van der Waals surface area (Å²) in [6, 6.07) is -0.250. The molecule has 0 aromatic carbocycles. The van der Waals surface area contributed by atoms with Crippen LogP contribution >= 0.6 is 0 Å². The smallest absolute Gasteiger partial charge is 0.319 e. The van der Waals surface area contributed by atoms with Gasteiger partial charge < -0.3 is 20.3 Å². The van der Waals surface area contributed by atoms with Crippen molar-refractivity contribution in [3.05, 3.63) is 11.3 Å². The van der Waals surface area contributed by atoms with E-state index in [2.05, 4.69) is 20.5 Å². The van der Waals surface area contributed by atoms with E-state index in [1.807, 2.05) is 33.0 Å². The van der Waals surface area contributed by atoms with Gasteiger partial charge in [0.15, 0.2) is 0 Å². The van der Waals surface area contributed by atoms with Gasteiger partial charge in [0.2, 0.25) is 0 Å². The molecule has 2 N–H and O–H groups in total. The molecule has 8 nitrogen and oxygen atoms in total. The van der Waals surface area contributed by atoms with Crippen LogP contribution in [-0.2, 0) is 9.57 Å². The quantitative estimate of drug-likeness (QED) is 0.600. The predicted octanol–water partition coefficient (Wildman–Crippen LogP) is 0.864. The van der Waals surface area contributed by atoms with Gasteiger partial charge in [-0.15, -0.1) is 0 Å². The summed E-state index contributed by atoms with van der Waals surface area (Å²) in [7, 11) is 7.50. The minimum absolute atomic E-state index is 0.0296. The molecule has 1 fully saturated rings. The summed E-state index contributed by atoms with van der Waals surface area (Å²) in [5.74, 6) is 0. The van der Waals surface area contributed by atoms with Gasteiger partial charge in [0.05, 0.1) is 19.3 Å². The number of amides is 2. The fourth-order valence-electron chi connectivity index (χ4n) is 2.48. The zero-order valence-corrected chi connectivity index (χ0v) is 16.4. The molecule has 1 saturated heterocycles. The van der Waals surface area contributed by atoms with Gasteiger partial charge in [-0.1, -0.05) is 0 Å². The molecule has 2 amide bonds. The highest BCUT2D eigenvalue weighted by molar-refractivity contribution is 6.00. The average molecular weight is 355 g/mol. The molecule has 1 atom stereocenters. The number of ether oxygens (including phenoxy) is 1. The van der Waals surface area contributed by atoms with Crippen LogP contribution < -0.4 is 10.6 Å². The number of carbonyl (C=O) groups excluding carboxylic acids is 1. The first kappa shape index (κ1) is 21.6. The van der Waals surface area contributed by atoms with Gasteiger partial charge in [-0.25, -0.2) is 4.79 Å². The van der Waals surface area contributed by atoms with E-state index in [1.54, 1.807) is 14.2 Å². The molecule has 0 saturated carbocycles. The maximum Gasteiger partial charge on any atom is 0.319 e. The molecule has 1 rings (SSSR count). The Balaban J connectivity index is 2.49. The highest BCUT2D eigenvalue weighted by Gasteiger charge is 2.24. The Hall–Kier alpha value is -1.48. The van der Waals surface area contributed by atoms with E-state index in [4.69, 9.17) is 9.57 Å². The molecular formula is C17H33N5O3. The summed E-state index contributed by atoms with van der Waals surface area (Å²) in [5.41, 5.74) is 2.82. The van der Waals surface area contributed by atoms with Crippen LogP contribution in [0.25, 0.3) is 0 Å². The van der Waals surface area contributed by atoms with Gasteiger partial charge in [-0.2, -0.15) is 5.06 Å². The topological polar surface area (TPSA) is 78.4 Å². The van der Waals surface area contributed by atoms with Crippen molar-refractivity contribution in [1.29, 1.82) is 0 Å². The van der Waals surface area contributed by atoms with Gasteiger partial charge >= 0.3 is 6.03 Å². The van der Waals surface area contributed by atoms with Crippen LogP contribution in [0.2, 0.25) is 0 Å². The Kier molecular flexibility index (Phi) is 9.66. The number of urea groups is 1. The standard InChI is InChI=1S/C17H33N5O3/c1-13(16(18-3)7-8-21(4)5)14(2)19-17(23)20-15-11-22(25-12-15)9-10-24-6/h15H,7-12H2,1-6H3,(H2,19,20,23)/b14-13+,18-16-/t15-/m1/s1. The summed E-state index contributed by atoms with van der Waals surface area (Å²) >= 11 is 0. The zero-order chi connectivity index (χ0) is 18.8. The SMILES string of the molecule is C/N=C(CCN(C)C)\C(C)=C(/C)NC(=O)N[C@H]1CON(CCOC)C1. The molecular weight excluding hydrogens is 322 g/mol. The second-order valence-corrected chi connectivity index (χ2v) is 6.45. The van der Waals surface area contributed by atoms with Crippen LogP contribution in [0.15, 0.2) is 16.3 Å². The summed E-state index contributed by atoms with van der Waals surface area (Å²) < 4.78 is 5.02. The summed E-state index contributed by atoms with van der Waals surface area (Å²) in [6.45, 7) is 7.22. The van der Waals surface area contributed by atoms with Crippen LogP contribution in [0.1, 0.15) is 20.3 Å². The van der Waals surface area contributed by atoms with Crippen molar-refractivity contribution in [1.82, 2.24) is 20.6 Å². The maximum atomic E-state index is 12.2. The summed E-state index contributed by atoms with van der Waals surface area (Å²) in [5, 5.41) is 7.65. The molecule has 0 aromatic heterocycles. The van der Waals surface area contributed by atoms with Gasteiger partial charge in [0.25, 0.3) is 0 Å². The fraction of sp³-hybridized carbons (Fsp3) is 0.765. The Labute approximate surface area is 151 Å². The molecule has 0 bridgehead atoms. The summed E-state index contributed by atoms with van der Waals surface area (Å²) in [4.78, 5) is 24.2. The monoisotopic (exact) mass is 355 g/mol. The van der Waals surface area contributed by atoms with E-state index in [9.17, 15) is 4.79 Å². The zero-order valence-electron chi connectivity index (χ0n) is 16.4. The van der Waals surface area contributed by atoms with E-state index >= 15 is 0 Å². The first-order valence-electron chi connectivity index (χ1n) is 8.59. The van der Waals surface area contributed by atoms with Crippen molar-refractivity contribution < 1.29 is 14.4 Å². The molecule has 0 aromatic rings. The van der Waals surface area contributed by atoms with Crippen molar-refractivity contribution in [2.45, 2.75) is 26.3 Å². The fourth-order valence-corrected chi connectivity index (χ4v) is 2.48. The molecule has 144 valence electrons. The van der Waals surface area contributed by atoms with Crippen LogP contribution in [-0.4, -0.2) is 88.8 Å². The van der Waals surface area contributed by atoms with Crippen molar-refractivity contribution in [3.63, 3.8) is 0 Å². The van der Waals surface area contributed by atoms with Gasteiger partial charge in [-0.3, -0.25) is 9.83 Å². The largest absolute Gasteiger partial charge is 0.383 e. The normalized spacial score (nSPS) is 20.0. The minimum atomic E-state index is -0.220. The average Bonchev–Trinajstić information content (AvgIpc) is 3.00. The Bertz CT molecular complexity index is 491. The van der Waals surface area contributed by atoms with Gasteiger partial charge in [-0.05, 0) is 33.5 Å². The number of hydroxylamine groups is 2. The lowest BCUT2D eigenvalue weighted by Gasteiger charge is -2.16. The third kappa shape index (κ3) is 7.96. The Morgan fingerprint density at radius 1 is 1.40 bits per heavy atom. The first-order chi connectivity index (χ1) is 11.9. The number of allylic oxidation sites excluding steroid dienone is 2. The second-order valence-electron chi connectivity index (χ2n) is 6.45. The molecule has 1 aliphatic heterocycles. The van der Waals surface area contributed by atoms with Gasteiger partial charge in [0.1, 0.15) is 0 Å². The van der Waals surface area contributed by atoms with E-state index in [1.165, 1.54) is 0 Å².